The van der Waals surface area contributed by atoms with Crippen molar-refractivity contribution < 1.29 is 4.74 Å². The topological polar surface area (TPSA) is 9.23 Å². The predicted molar refractivity (Wildman–Crippen MR) is 55.3 cm³/mol. The fourth-order valence-corrected chi connectivity index (χ4v) is 1.13. The monoisotopic (exact) mass is 177 g/mol. The van der Waals surface area contributed by atoms with Gasteiger partial charge in [0, 0.05) is 0 Å². The van der Waals surface area contributed by atoms with E-state index in [1.165, 1.54) is 5.56 Å². The minimum absolute atomic E-state index is 0.306. The summed E-state index contributed by atoms with van der Waals surface area (Å²) in [6.45, 7) is 6.23. The summed E-state index contributed by atoms with van der Waals surface area (Å²) in [5.41, 5.74) is 1.17. The number of rotatable bonds is 4. The summed E-state index contributed by atoms with van der Waals surface area (Å²) in [4.78, 5) is 0. The summed E-state index contributed by atoms with van der Waals surface area (Å²) in [5, 5.41) is 0. The largest absolute Gasteiger partial charge is 0.364 e. The van der Waals surface area contributed by atoms with Crippen LogP contribution in [0.3, 0.4) is 0 Å². The van der Waals surface area contributed by atoms with Crippen LogP contribution < -0.4 is 0 Å². The Bertz CT molecular complexity index is 230. The van der Waals surface area contributed by atoms with Crippen molar-refractivity contribution in [3.8, 4) is 0 Å². The van der Waals surface area contributed by atoms with Crippen molar-refractivity contribution in [3.63, 3.8) is 0 Å². The number of ether oxygens (including phenoxy) is 1. The molecule has 0 amide bonds. The summed E-state index contributed by atoms with van der Waals surface area (Å²) in [5.74, 6) is 0. The van der Waals surface area contributed by atoms with Gasteiger partial charge in [0.15, 0.2) is 0 Å². The van der Waals surface area contributed by atoms with Crippen molar-refractivity contribution in [1.82, 2.24) is 0 Å². The van der Waals surface area contributed by atoms with Crippen molar-refractivity contribution in [2.24, 2.45) is 0 Å². The van der Waals surface area contributed by atoms with Crippen LogP contribution >= 0.6 is 0 Å². The van der Waals surface area contributed by atoms with Crippen LogP contribution in [0.5, 0.6) is 0 Å². The zero-order chi connectivity index (χ0) is 9.68. The third kappa shape index (κ3) is 3.19. The first-order valence-electron chi connectivity index (χ1n) is 4.79. The van der Waals surface area contributed by atoms with E-state index in [0.717, 1.165) is 12.5 Å². The summed E-state index contributed by atoms with van der Waals surface area (Å²) < 4.78 is 5.70. The number of hydrogen-bond acceptors (Lipinski definition) is 1. The molecule has 0 saturated carbocycles. The minimum atomic E-state index is 0.306. The molecule has 0 bridgehead atoms. The Morgan fingerprint density at radius 1 is 1.31 bits per heavy atom. The van der Waals surface area contributed by atoms with E-state index in [0.29, 0.717) is 6.10 Å². The van der Waals surface area contributed by atoms with E-state index in [1.54, 1.807) is 0 Å². The molecular weight excluding hydrogens is 160 g/mol. The Kier molecular flexibility index (Phi) is 3.97. The average molecular weight is 177 g/mol. The van der Waals surface area contributed by atoms with Gasteiger partial charge < -0.3 is 4.74 Å². The van der Waals surface area contributed by atoms with Gasteiger partial charge in [0.1, 0.15) is 6.10 Å². The van der Waals surface area contributed by atoms with E-state index >= 15 is 0 Å². The molecule has 1 aromatic rings. The summed E-state index contributed by atoms with van der Waals surface area (Å²) in [6, 6.07) is 10.2. The van der Waals surface area contributed by atoms with Gasteiger partial charge in [-0.2, -0.15) is 0 Å². The molecule has 1 nitrogen and oxygen atoms in total. The van der Waals surface area contributed by atoms with Crippen LogP contribution in [-0.4, -0.2) is 6.10 Å². The lowest BCUT2D eigenvalue weighted by molar-refractivity contribution is 0.0907. The molecule has 0 spiro atoms. The fourth-order valence-electron chi connectivity index (χ4n) is 1.13. The van der Waals surface area contributed by atoms with Crippen LogP contribution in [0, 0.1) is 6.10 Å². The van der Waals surface area contributed by atoms with Crippen LogP contribution in [0.4, 0.5) is 0 Å². The Morgan fingerprint density at radius 3 is 2.46 bits per heavy atom. The summed E-state index contributed by atoms with van der Waals surface area (Å²) in [7, 11) is 0. The first kappa shape index (κ1) is 10.3. The van der Waals surface area contributed by atoms with Crippen molar-refractivity contribution in [2.75, 3.05) is 0 Å². The van der Waals surface area contributed by atoms with Crippen LogP contribution in [-0.2, 0) is 4.74 Å². The van der Waals surface area contributed by atoms with Crippen LogP contribution in [0.1, 0.15) is 32.8 Å². The highest BCUT2D eigenvalue weighted by molar-refractivity contribution is 5.25. The third-order valence-electron chi connectivity index (χ3n) is 2.13. The molecule has 1 radical (unpaired) electrons. The summed E-state index contributed by atoms with van der Waals surface area (Å²) in [6.07, 6.45) is 2.36. The maximum Gasteiger partial charge on any atom is 0.123 e. The van der Waals surface area contributed by atoms with Crippen molar-refractivity contribution in [3.05, 3.63) is 42.0 Å². The lowest BCUT2D eigenvalue weighted by atomic mass is 10.1. The second kappa shape index (κ2) is 5.03. The van der Waals surface area contributed by atoms with Gasteiger partial charge in [-0.25, -0.2) is 0 Å². The molecule has 1 unspecified atom stereocenters. The highest BCUT2D eigenvalue weighted by Gasteiger charge is 2.09. The normalized spacial score (nSPS) is 13.2. The molecule has 0 saturated heterocycles. The van der Waals surface area contributed by atoms with E-state index < -0.39 is 0 Å². The molecule has 71 valence electrons. The maximum absolute atomic E-state index is 5.70. The number of hydrogen-bond donors (Lipinski definition) is 0. The molecule has 0 aromatic heterocycles. The standard InChI is InChI=1S/C12H17O/c1-4-10(2)13-11(3)12-8-6-5-7-9-12/h5-10H,4H2,1-3H3. The van der Waals surface area contributed by atoms with Gasteiger partial charge in [-0.05, 0) is 25.8 Å². The van der Waals surface area contributed by atoms with E-state index in [-0.39, 0.29) is 0 Å². The zero-order valence-electron chi connectivity index (χ0n) is 8.58. The van der Waals surface area contributed by atoms with E-state index in [1.807, 2.05) is 25.1 Å². The number of benzene rings is 1. The molecule has 0 aliphatic carbocycles. The first-order chi connectivity index (χ1) is 6.24. The van der Waals surface area contributed by atoms with Gasteiger partial charge in [0.25, 0.3) is 0 Å². The van der Waals surface area contributed by atoms with E-state index in [2.05, 4.69) is 26.0 Å². The lowest BCUT2D eigenvalue weighted by Gasteiger charge is -2.16. The zero-order valence-corrected chi connectivity index (χ0v) is 8.58. The van der Waals surface area contributed by atoms with Crippen LogP contribution in [0.2, 0.25) is 0 Å². The van der Waals surface area contributed by atoms with Crippen molar-refractivity contribution in [2.45, 2.75) is 33.3 Å². The van der Waals surface area contributed by atoms with Gasteiger partial charge >= 0.3 is 0 Å². The molecular formula is C12H17O. The average Bonchev–Trinajstić information content (AvgIpc) is 2.19. The van der Waals surface area contributed by atoms with Crippen LogP contribution in [0.15, 0.2) is 30.3 Å². The quantitative estimate of drug-likeness (QED) is 0.685. The van der Waals surface area contributed by atoms with Gasteiger partial charge in [-0.3, -0.25) is 0 Å². The molecule has 13 heavy (non-hydrogen) atoms. The smallest absolute Gasteiger partial charge is 0.123 e. The van der Waals surface area contributed by atoms with Gasteiger partial charge in [0.2, 0.25) is 0 Å². The molecule has 1 rings (SSSR count). The summed E-state index contributed by atoms with van der Waals surface area (Å²) >= 11 is 0. The first-order valence-corrected chi connectivity index (χ1v) is 4.79. The molecule has 0 heterocycles. The highest BCUT2D eigenvalue weighted by Crippen LogP contribution is 2.17. The fraction of sp³-hybridized carbons (Fsp3) is 0.417. The maximum atomic E-state index is 5.70. The lowest BCUT2D eigenvalue weighted by Crippen LogP contribution is -2.10. The van der Waals surface area contributed by atoms with Crippen molar-refractivity contribution >= 4 is 0 Å². The van der Waals surface area contributed by atoms with Crippen molar-refractivity contribution in [1.29, 1.82) is 0 Å². The van der Waals surface area contributed by atoms with Gasteiger partial charge in [-0.15, -0.1) is 0 Å². The second-order valence-electron chi connectivity index (χ2n) is 3.26. The third-order valence-corrected chi connectivity index (χ3v) is 2.13. The van der Waals surface area contributed by atoms with E-state index in [9.17, 15) is 0 Å². The highest BCUT2D eigenvalue weighted by atomic mass is 16.5. The Labute approximate surface area is 80.7 Å². The molecule has 0 aliphatic rings. The van der Waals surface area contributed by atoms with Crippen LogP contribution in [0.25, 0.3) is 0 Å². The molecule has 0 aliphatic heterocycles. The predicted octanol–water partition coefficient (Wildman–Crippen LogP) is 3.40. The molecule has 1 heteroatoms. The Morgan fingerprint density at radius 2 is 1.92 bits per heavy atom. The Hall–Kier alpha value is -0.820. The Balaban J connectivity index is 2.53. The molecule has 1 atom stereocenters. The van der Waals surface area contributed by atoms with Gasteiger partial charge in [0.05, 0.1) is 6.10 Å². The minimum Gasteiger partial charge on any atom is -0.364 e. The van der Waals surface area contributed by atoms with E-state index in [4.69, 9.17) is 4.74 Å². The van der Waals surface area contributed by atoms with Gasteiger partial charge in [-0.1, -0.05) is 37.3 Å². The molecule has 1 aromatic carbocycles. The molecule has 0 N–H and O–H groups in total. The molecule has 0 fully saturated rings. The SMILES string of the molecule is CCC(C)O[C](C)c1ccccc1. The second-order valence-corrected chi connectivity index (χ2v) is 3.26.